The number of ether oxygens (including phenoxy) is 2. The molecule has 1 heterocycles. The van der Waals surface area contributed by atoms with Gasteiger partial charge in [-0.05, 0) is 25.5 Å². The Morgan fingerprint density at radius 1 is 1.30 bits per heavy atom. The molecule has 0 atom stereocenters. The summed E-state index contributed by atoms with van der Waals surface area (Å²) in [5, 5.41) is 4.88. The van der Waals surface area contributed by atoms with Gasteiger partial charge in [-0.15, -0.1) is 11.3 Å². The Hall–Kier alpha value is -1.73. The van der Waals surface area contributed by atoms with E-state index in [9.17, 15) is 4.79 Å². The van der Waals surface area contributed by atoms with Crippen LogP contribution in [0.2, 0.25) is 0 Å². The number of aromatic nitrogens is 1. The largest absolute Gasteiger partial charge is 0.496 e. The van der Waals surface area contributed by atoms with E-state index in [0.717, 1.165) is 22.1 Å². The molecule has 2 aromatic rings. The molecule has 0 fully saturated rings. The monoisotopic (exact) mass is 352 g/mol. The fourth-order valence-corrected chi connectivity index (χ4v) is 3.68. The third kappa shape index (κ3) is 4.87. The smallest absolute Gasteiger partial charge is 0.251 e. The van der Waals surface area contributed by atoms with Gasteiger partial charge in [-0.3, -0.25) is 4.79 Å². The van der Waals surface area contributed by atoms with Gasteiger partial charge in [0.2, 0.25) is 0 Å². The number of thioether (sulfide) groups is 1. The van der Waals surface area contributed by atoms with Crippen LogP contribution in [0, 0.1) is 6.92 Å². The number of carbonyl (C=O) groups excluding carboxylic acids is 1. The molecule has 0 aliphatic heterocycles. The van der Waals surface area contributed by atoms with E-state index in [0.29, 0.717) is 23.6 Å². The molecule has 5 nitrogen and oxygen atoms in total. The van der Waals surface area contributed by atoms with Gasteiger partial charge in [0.05, 0.1) is 14.2 Å². The van der Waals surface area contributed by atoms with Crippen LogP contribution < -0.4 is 14.8 Å². The highest BCUT2D eigenvalue weighted by atomic mass is 32.2. The summed E-state index contributed by atoms with van der Waals surface area (Å²) in [6.07, 6.45) is 2.68. The maximum absolute atomic E-state index is 12.2. The maximum atomic E-state index is 12.2. The Morgan fingerprint density at radius 2 is 2.00 bits per heavy atom. The molecule has 1 amide bonds. The van der Waals surface area contributed by atoms with Crippen LogP contribution in [0.15, 0.2) is 28.0 Å². The summed E-state index contributed by atoms with van der Waals surface area (Å²) < 4.78 is 11.6. The number of nitrogens with zero attached hydrogens (tertiary/aromatic N) is 1. The molecular formula is C16H20N2O3S2. The number of carbonyl (C=O) groups is 1. The molecular weight excluding hydrogens is 332 g/mol. The lowest BCUT2D eigenvalue weighted by atomic mass is 10.1. The van der Waals surface area contributed by atoms with Crippen molar-refractivity contribution in [2.75, 3.05) is 26.5 Å². The number of amides is 1. The normalized spacial score (nSPS) is 10.4. The van der Waals surface area contributed by atoms with Crippen LogP contribution in [-0.2, 0) is 0 Å². The van der Waals surface area contributed by atoms with Crippen molar-refractivity contribution in [3.8, 4) is 11.5 Å². The van der Waals surface area contributed by atoms with Crippen molar-refractivity contribution in [1.82, 2.24) is 10.3 Å². The predicted molar refractivity (Wildman–Crippen MR) is 94.1 cm³/mol. The highest BCUT2D eigenvalue weighted by molar-refractivity contribution is 8.00. The van der Waals surface area contributed by atoms with Gasteiger partial charge in [0.25, 0.3) is 5.91 Å². The lowest BCUT2D eigenvalue weighted by Crippen LogP contribution is -2.25. The van der Waals surface area contributed by atoms with Gasteiger partial charge in [0, 0.05) is 35.0 Å². The van der Waals surface area contributed by atoms with E-state index >= 15 is 0 Å². The molecule has 124 valence electrons. The molecule has 2 rings (SSSR count). The Labute approximate surface area is 144 Å². The number of hydrogen-bond donors (Lipinski definition) is 1. The summed E-state index contributed by atoms with van der Waals surface area (Å²) in [5.74, 6) is 2.09. The second-order valence-corrected chi connectivity index (χ2v) is 7.00. The van der Waals surface area contributed by atoms with E-state index in [2.05, 4.69) is 10.3 Å². The van der Waals surface area contributed by atoms with Crippen LogP contribution in [-0.4, -0.2) is 37.4 Å². The van der Waals surface area contributed by atoms with Crippen molar-refractivity contribution in [2.45, 2.75) is 17.7 Å². The van der Waals surface area contributed by atoms with Gasteiger partial charge < -0.3 is 14.8 Å². The summed E-state index contributed by atoms with van der Waals surface area (Å²) in [5.41, 5.74) is 1.42. The molecule has 1 aromatic heterocycles. The van der Waals surface area contributed by atoms with E-state index < -0.39 is 0 Å². The molecule has 1 aromatic carbocycles. The third-order valence-electron chi connectivity index (χ3n) is 3.26. The lowest BCUT2D eigenvalue weighted by Gasteiger charge is -2.12. The number of benzene rings is 1. The highest BCUT2D eigenvalue weighted by Gasteiger charge is 2.13. The van der Waals surface area contributed by atoms with Crippen LogP contribution in [0.1, 0.15) is 22.3 Å². The van der Waals surface area contributed by atoms with E-state index in [1.165, 1.54) is 0 Å². The maximum Gasteiger partial charge on any atom is 0.251 e. The Bertz CT molecular complexity index is 620. The van der Waals surface area contributed by atoms with Crippen molar-refractivity contribution < 1.29 is 14.3 Å². The van der Waals surface area contributed by atoms with E-state index in [4.69, 9.17) is 9.47 Å². The topological polar surface area (TPSA) is 60.5 Å². The zero-order valence-electron chi connectivity index (χ0n) is 13.4. The van der Waals surface area contributed by atoms with Crippen LogP contribution in [0.25, 0.3) is 0 Å². The number of methoxy groups -OCH3 is 2. The predicted octanol–water partition coefficient (Wildman–Crippen LogP) is 3.38. The fourth-order valence-electron chi connectivity index (χ4n) is 2.03. The van der Waals surface area contributed by atoms with Crippen LogP contribution >= 0.6 is 23.1 Å². The highest BCUT2D eigenvalue weighted by Crippen LogP contribution is 2.29. The average Bonchev–Trinajstić information content (AvgIpc) is 3.08. The average molecular weight is 352 g/mol. The van der Waals surface area contributed by atoms with Gasteiger partial charge in [0.15, 0.2) is 0 Å². The van der Waals surface area contributed by atoms with Crippen molar-refractivity contribution in [3.63, 3.8) is 0 Å². The van der Waals surface area contributed by atoms with Gasteiger partial charge in [0.1, 0.15) is 15.8 Å². The number of rotatable bonds is 8. The molecule has 0 spiro atoms. The first kappa shape index (κ1) is 17.6. The Balaban J connectivity index is 1.85. The van der Waals surface area contributed by atoms with Gasteiger partial charge in [-0.25, -0.2) is 4.98 Å². The van der Waals surface area contributed by atoms with Gasteiger partial charge in [-0.1, -0.05) is 11.8 Å². The van der Waals surface area contributed by atoms with Crippen molar-refractivity contribution in [3.05, 3.63) is 34.8 Å². The first-order valence-electron chi connectivity index (χ1n) is 7.18. The van der Waals surface area contributed by atoms with Crippen molar-refractivity contribution >= 4 is 29.0 Å². The minimum absolute atomic E-state index is 0.124. The standard InChI is InChI=1S/C16H20N2O3S2/c1-11-13(20-2)9-12(10-14(11)21-3)15(19)17-5-4-7-22-16-18-6-8-23-16/h6,8-10H,4-5,7H2,1-3H3,(H,17,19). The summed E-state index contributed by atoms with van der Waals surface area (Å²) in [4.78, 5) is 16.5. The first-order chi connectivity index (χ1) is 11.2. The number of hydrogen-bond acceptors (Lipinski definition) is 6. The minimum Gasteiger partial charge on any atom is -0.496 e. The summed E-state index contributed by atoms with van der Waals surface area (Å²) in [6, 6.07) is 3.47. The van der Waals surface area contributed by atoms with Crippen LogP contribution in [0.4, 0.5) is 0 Å². The zero-order chi connectivity index (χ0) is 16.7. The molecule has 0 unspecified atom stereocenters. The molecule has 0 aliphatic carbocycles. The van der Waals surface area contributed by atoms with E-state index in [1.54, 1.807) is 55.6 Å². The molecule has 0 bridgehead atoms. The summed E-state index contributed by atoms with van der Waals surface area (Å²) in [7, 11) is 3.17. The Morgan fingerprint density at radius 3 is 2.57 bits per heavy atom. The van der Waals surface area contributed by atoms with E-state index in [1.807, 2.05) is 12.3 Å². The quantitative estimate of drug-likeness (QED) is 0.583. The minimum atomic E-state index is -0.124. The molecule has 0 saturated carbocycles. The summed E-state index contributed by atoms with van der Waals surface area (Å²) in [6.45, 7) is 2.52. The molecule has 7 heteroatoms. The molecule has 0 saturated heterocycles. The second-order valence-electron chi connectivity index (χ2n) is 4.76. The third-order valence-corrected chi connectivity index (χ3v) is 5.31. The first-order valence-corrected chi connectivity index (χ1v) is 9.05. The zero-order valence-corrected chi connectivity index (χ0v) is 15.1. The van der Waals surface area contributed by atoms with Crippen LogP contribution in [0.3, 0.4) is 0 Å². The van der Waals surface area contributed by atoms with Crippen molar-refractivity contribution in [1.29, 1.82) is 0 Å². The number of nitrogens with one attached hydrogen (secondary N) is 1. The SMILES string of the molecule is COc1cc(C(=O)NCCCSc2nccs2)cc(OC)c1C. The van der Waals surface area contributed by atoms with Crippen molar-refractivity contribution in [2.24, 2.45) is 0 Å². The molecule has 0 aliphatic rings. The lowest BCUT2D eigenvalue weighted by molar-refractivity contribution is 0.0953. The second kappa shape index (κ2) is 8.79. The molecule has 0 radical (unpaired) electrons. The number of thiazole rings is 1. The van der Waals surface area contributed by atoms with Gasteiger partial charge in [-0.2, -0.15) is 0 Å². The van der Waals surface area contributed by atoms with E-state index in [-0.39, 0.29) is 5.91 Å². The Kier molecular flexibility index (Phi) is 6.73. The molecule has 23 heavy (non-hydrogen) atoms. The summed E-state index contributed by atoms with van der Waals surface area (Å²) >= 11 is 3.34. The van der Waals surface area contributed by atoms with Gasteiger partial charge >= 0.3 is 0 Å². The van der Waals surface area contributed by atoms with Crippen LogP contribution in [0.5, 0.6) is 11.5 Å². The fraction of sp³-hybridized carbons (Fsp3) is 0.375. The molecule has 1 N–H and O–H groups in total.